The summed E-state index contributed by atoms with van der Waals surface area (Å²) < 4.78 is 5.30. The van der Waals surface area contributed by atoms with Crippen molar-refractivity contribution in [2.45, 2.75) is 37.8 Å². The Morgan fingerprint density at radius 2 is 2.09 bits per heavy atom. The molecule has 2 saturated heterocycles. The van der Waals surface area contributed by atoms with Gasteiger partial charge in [-0.15, -0.1) is 0 Å². The first-order chi connectivity index (χ1) is 11.2. The second-order valence-electron chi connectivity index (χ2n) is 6.55. The van der Waals surface area contributed by atoms with E-state index in [4.69, 9.17) is 4.74 Å². The molecule has 5 nitrogen and oxygen atoms in total. The van der Waals surface area contributed by atoms with Crippen molar-refractivity contribution in [3.8, 4) is 5.75 Å². The van der Waals surface area contributed by atoms with E-state index < -0.39 is 0 Å². The molecule has 1 aromatic carbocycles. The molecule has 2 heterocycles. The van der Waals surface area contributed by atoms with Crippen LogP contribution in [-0.4, -0.2) is 60.2 Å². The topological polar surface area (TPSA) is 53.0 Å². The van der Waals surface area contributed by atoms with E-state index >= 15 is 0 Å². The van der Waals surface area contributed by atoms with Gasteiger partial charge in [-0.3, -0.25) is 9.69 Å². The van der Waals surface area contributed by atoms with Crippen LogP contribution in [0.4, 0.5) is 0 Å². The number of ether oxygens (including phenoxy) is 1. The standard InChI is InChI=1S/C18H26N2O3/c1-23-16-7-5-6-14(10-16)17-11-15(21)12-20(17)13-18(22)19-8-3-2-4-9-19/h5-7,10,15,17,21H,2-4,8-9,11-13H2,1H3/t15-,17-/m0/s1. The second-order valence-corrected chi connectivity index (χ2v) is 6.55. The summed E-state index contributed by atoms with van der Waals surface area (Å²) in [5, 5.41) is 10.1. The van der Waals surface area contributed by atoms with E-state index in [1.54, 1.807) is 7.11 Å². The summed E-state index contributed by atoms with van der Waals surface area (Å²) in [4.78, 5) is 16.6. The number of hydrogen-bond donors (Lipinski definition) is 1. The normalized spacial score (nSPS) is 25.6. The van der Waals surface area contributed by atoms with Crippen LogP contribution in [-0.2, 0) is 4.79 Å². The zero-order valence-corrected chi connectivity index (χ0v) is 13.8. The maximum absolute atomic E-state index is 12.5. The predicted molar refractivity (Wildman–Crippen MR) is 88.4 cm³/mol. The predicted octanol–water partition coefficient (Wildman–Crippen LogP) is 1.82. The lowest BCUT2D eigenvalue weighted by Gasteiger charge is -2.30. The summed E-state index contributed by atoms with van der Waals surface area (Å²) in [7, 11) is 1.65. The van der Waals surface area contributed by atoms with Gasteiger partial charge in [0.1, 0.15) is 5.75 Å². The fourth-order valence-corrected chi connectivity index (χ4v) is 3.67. The number of aliphatic hydroxyl groups excluding tert-OH is 1. The summed E-state index contributed by atoms with van der Waals surface area (Å²) in [6, 6.07) is 8.00. The van der Waals surface area contributed by atoms with Crippen LogP contribution in [0.1, 0.15) is 37.3 Å². The molecule has 2 aliphatic rings. The molecule has 2 fully saturated rings. The van der Waals surface area contributed by atoms with Crippen molar-refractivity contribution in [1.82, 2.24) is 9.80 Å². The number of carbonyl (C=O) groups excluding carboxylic acids is 1. The van der Waals surface area contributed by atoms with Gasteiger partial charge >= 0.3 is 0 Å². The number of benzene rings is 1. The molecular weight excluding hydrogens is 292 g/mol. The van der Waals surface area contributed by atoms with Crippen molar-refractivity contribution in [3.63, 3.8) is 0 Å². The fourth-order valence-electron chi connectivity index (χ4n) is 3.67. The highest BCUT2D eigenvalue weighted by molar-refractivity contribution is 5.78. The Morgan fingerprint density at radius 1 is 1.30 bits per heavy atom. The minimum absolute atomic E-state index is 0.0776. The number of β-amino-alcohol motifs (C(OH)–C–C–N with tert-alkyl or cyclic N) is 1. The average molecular weight is 318 g/mol. The molecule has 0 radical (unpaired) electrons. The van der Waals surface area contributed by atoms with Gasteiger partial charge in [0.2, 0.25) is 5.91 Å². The molecular formula is C18H26N2O3. The number of likely N-dealkylation sites (tertiary alicyclic amines) is 2. The monoisotopic (exact) mass is 318 g/mol. The molecule has 1 aromatic rings. The van der Waals surface area contributed by atoms with Crippen LogP contribution in [0.15, 0.2) is 24.3 Å². The quantitative estimate of drug-likeness (QED) is 0.920. The van der Waals surface area contributed by atoms with Gasteiger partial charge in [0.25, 0.3) is 0 Å². The first kappa shape index (κ1) is 16.3. The summed E-state index contributed by atoms with van der Waals surface area (Å²) in [5.74, 6) is 0.998. The third-order valence-corrected chi connectivity index (χ3v) is 4.91. The van der Waals surface area contributed by atoms with Crippen LogP contribution in [0.2, 0.25) is 0 Å². The lowest BCUT2D eigenvalue weighted by atomic mass is 10.0. The van der Waals surface area contributed by atoms with Gasteiger partial charge < -0.3 is 14.7 Å². The zero-order chi connectivity index (χ0) is 16.2. The first-order valence-electron chi connectivity index (χ1n) is 8.51. The Kier molecular flexibility index (Phi) is 5.18. The third-order valence-electron chi connectivity index (χ3n) is 4.91. The van der Waals surface area contributed by atoms with Crippen LogP contribution in [0.25, 0.3) is 0 Å². The molecule has 2 aliphatic heterocycles. The molecule has 0 aromatic heterocycles. The maximum atomic E-state index is 12.5. The van der Waals surface area contributed by atoms with Crippen molar-refractivity contribution < 1.29 is 14.6 Å². The van der Waals surface area contributed by atoms with Crippen LogP contribution >= 0.6 is 0 Å². The molecule has 0 saturated carbocycles. The lowest BCUT2D eigenvalue weighted by Crippen LogP contribution is -2.42. The molecule has 126 valence electrons. The molecule has 0 aliphatic carbocycles. The highest BCUT2D eigenvalue weighted by Crippen LogP contribution is 2.33. The number of methoxy groups -OCH3 is 1. The SMILES string of the molecule is COc1cccc([C@@H]2C[C@H](O)CN2CC(=O)N2CCCCC2)c1. The van der Waals surface area contributed by atoms with E-state index in [-0.39, 0.29) is 18.1 Å². The van der Waals surface area contributed by atoms with E-state index in [9.17, 15) is 9.90 Å². The highest BCUT2D eigenvalue weighted by atomic mass is 16.5. The molecule has 23 heavy (non-hydrogen) atoms. The smallest absolute Gasteiger partial charge is 0.236 e. The highest BCUT2D eigenvalue weighted by Gasteiger charge is 2.34. The molecule has 0 spiro atoms. The summed E-state index contributed by atoms with van der Waals surface area (Å²) in [5.41, 5.74) is 1.10. The Bertz CT molecular complexity index is 543. The Labute approximate surface area is 137 Å². The largest absolute Gasteiger partial charge is 0.497 e. The number of amides is 1. The molecule has 5 heteroatoms. The van der Waals surface area contributed by atoms with Crippen molar-refractivity contribution >= 4 is 5.91 Å². The van der Waals surface area contributed by atoms with Crippen LogP contribution < -0.4 is 4.74 Å². The van der Waals surface area contributed by atoms with E-state index in [0.717, 1.165) is 37.2 Å². The van der Waals surface area contributed by atoms with Gasteiger partial charge in [-0.25, -0.2) is 0 Å². The minimum atomic E-state index is -0.375. The number of nitrogens with zero attached hydrogens (tertiary/aromatic N) is 2. The molecule has 1 amide bonds. The third kappa shape index (κ3) is 3.85. The van der Waals surface area contributed by atoms with Gasteiger partial charge in [-0.1, -0.05) is 12.1 Å². The van der Waals surface area contributed by atoms with E-state index in [0.29, 0.717) is 19.5 Å². The van der Waals surface area contributed by atoms with E-state index in [2.05, 4.69) is 4.90 Å². The van der Waals surface area contributed by atoms with Gasteiger partial charge in [0, 0.05) is 25.7 Å². The molecule has 0 bridgehead atoms. The Hall–Kier alpha value is -1.59. The van der Waals surface area contributed by atoms with Crippen LogP contribution in [0.3, 0.4) is 0 Å². The van der Waals surface area contributed by atoms with Gasteiger partial charge in [-0.2, -0.15) is 0 Å². The maximum Gasteiger partial charge on any atom is 0.236 e. The second kappa shape index (κ2) is 7.32. The van der Waals surface area contributed by atoms with Gasteiger partial charge in [0.15, 0.2) is 0 Å². The molecule has 0 unspecified atom stereocenters. The van der Waals surface area contributed by atoms with Crippen molar-refractivity contribution in [1.29, 1.82) is 0 Å². The molecule has 2 atom stereocenters. The lowest BCUT2D eigenvalue weighted by molar-refractivity contribution is -0.133. The average Bonchev–Trinajstić information content (AvgIpc) is 2.96. The van der Waals surface area contributed by atoms with Gasteiger partial charge in [0.05, 0.1) is 19.8 Å². The number of aliphatic hydroxyl groups is 1. The number of carbonyl (C=O) groups is 1. The van der Waals surface area contributed by atoms with Crippen molar-refractivity contribution in [3.05, 3.63) is 29.8 Å². The number of hydrogen-bond acceptors (Lipinski definition) is 4. The Balaban J connectivity index is 1.70. The molecule has 3 rings (SSSR count). The zero-order valence-electron chi connectivity index (χ0n) is 13.8. The van der Waals surface area contributed by atoms with Gasteiger partial charge in [-0.05, 0) is 43.4 Å². The fraction of sp³-hybridized carbons (Fsp3) is 0.611. The first-order valence-corrected chi connectivity index (χ1v) is 8.51. The number of rotatable bonds is 4. The van der Waals surface area contributed by atoms with Crippen molar-refractivity contribution in [2.24, 2.45) is 0 Å². The number of piperidine rings is 1. The van der Waals surface area contributed by atoms with Crippen LogP contribution in [0, 0.1) is 0 Å². The molecule has 1 N–H and O–H groups in total. The summed E-state index contributed by atoms with van der Waals surface area (Å²) in [6.45, 7) is 2.69. The minimum Gasteiger partial charge on any atom is -0.497 e. The Morgan fingerprint density at radius 3 is 2.83 bits per heavy atom. The van der Waals surface area contributed by atoms with Crippen molar-refractivity contribution in [2.75, 3.05) is 33.3 Å². The summed E-state index contributed by atoms with van der Waals surface area (Å²) in [6.07, 6.45) is 3.72. The van der Waals surface area contributed by atoms with E-state index in [1.165, 1.54) is 6.42 Å². The van der Waals surface area contributed by atoms with E-state index in [1.807, 2.05) is 29.2 Å². The summed E-state index contributed by atoms with van der Waals surface area (Å²) >= 11 is 0. The van der Waals surface area contributed by atoms with Crippen LogP contribution in [0.5, 0.6) is 5.75 Å².